The molecule has 29 heavy (non-hydrogen) atoms. The summed E-state index contributed by atoms with van der Waals surface area (Å²) in [5.41, 5.74) is 0.246. The highest BCUT2D eigenvalue weighted by molar-refractivity contribution is 6.02. The van der Waals surface area contributed by atoms with Crippen LogP contribution in [0.4, 0.5) is 5.69 Å². The molecule has 0 saturated heterocycles. The average Bonchev–Trinajstić information content (AvgIpc) is 2.69. The van der Waals surface area contributed by atoms with E-state index in [1.165, 1.54) is 14.2 Å². The Morgan fingerprint density at radius 1 is 1.10 bits per heavy atom. The Bertz CT molecular complexity index is 1210. The van der Waals surface area contributed by atoms with Gasteiger partial charge in [0.05, 0.1) is 25.6 Å². The van der Waals surface area contributed by atoms with Crippen molar-refractivity contribution in [2.45, 2.75) is 13.8 Å². The van der Waals surface area contributed by atoms with Crippen LogP contribution in [-0.4, -0.2) is 34.6 Å². The molecule has 0 atom stereocenters. The molecule has 0 radical (unpaired) electrons. The second-order valence-corrected chi connectivity index (χ2v) is 6.31. The molecule has 0 bridgehead atoms. The summed E-state index contributed by atoms with van der Waals surface area (Å²) >= 11 is 0. The number of benzene rings is 2. The fourth-order valence-electron chi connectivity index (χ4n) is 3.01. The van der Waals surface area contributed by atoms with E-state index in [0.29, 0.717) is 22.9 Å². The van der Waals surface area contributed by atoms with Crippen LogP contribution in [0.2, 0.25) is 0 Å². The number of nitrogens with one attached hydrogen (secondary N) is 1. The van der Waals surface area contributed by atoms with Crippen LogP contribution in [0.25, 0.3) is 5.69 Å². The van der Waals surface area contributed by atoms with Gasteiger partial charge >= 0.3 is 5.69 Å². The number of hydrogen-bond acceptors (Lipinski definition) is 6. The highest BCUT2D eigenvalue weighted by atomic mass is 16.5. The quantitative estimate of drug-likeness (QED) is 0.646. The fourth-order valence-corrected chi connectivity index (χ4v) is 3.01. The van der Waals surface area contributed by atoms with Crippen LogP contribution in [0.15, 0.2) is 57.0 Å². The molecule has 1 aromatic heterocycles. The van der Waals surface area contributed by atoms with E-state index in [1.807, 2.05) is 6.07 Å². The number of methoxy groups -OCH3 is 2. The highest BCUT2D eigenvalue weighted by Gasteiger charge is 2.19. The first-order chi connectivity index (χ1) is 13.9. The van der Waals surface area contributed by atoms with Crippen molar-refractivity contribution in [1.29, 1.82) is 0 Å². The first-order valence-electron chi connectivity index (χ1n) is 8.79. The van der Waals surface area contributed by atoms with Gasteiger partial charge in [-0.2, -0.15) is 0 Å². The van der Waals surface area contributed by atoms with Crippen molar-refractivity contribution >= 4 is 11.4 Å². The van der Waals surface area contributed by atoms with Crippen LogP contribution < -0.4 is 20.7 Å². The van der Waals surface area contributed by atoms with Crippen molar-refractivity contribution < 1.29 is 14.6 Å². The standard InChI is InChI=1S/C21H21N3O5/c1-12-7-5-6-8-16(12)24-20(26)18(19(25)23-21(24)27)13(2)22-15-11-14(28-3)9-10-17(15)29-4/h5-11,26H,1-4H3,(H,23,25,27). The number of H-pyrrole nitrogens is 1. The number of aromatic hydroxyl groups is 1. The van der Waals surface area contributed by atoms with Crippen molar-refractivity contribution in [3.63, 3.8) is 0 Å². The van der Waals surface area contributed by atoms with E-state index in [2.05, 4.69) is 9.98 Å². The van der Waals surface area contributed by atoms with Crippen LogP contribution in [0.3, 0.4) is 0 Å². The summed E-state index contributed by atoms with van der Waals surface area (Å²) < 4.78 is 11.6. The zero-order valence-electron chi connectivity index (χ0n) is 16.5. The molecule has 150 valence electrons. The van der Waals surface area contributed by atoms with Gasteiger partial charge in [0.2, 0.25) is 5.88 Å². The number of aliphatic imine (C=N–C) groups is 1. The maximum atomic E-state index is 12.5. The molecule has 0 aliphatic carbocycles. The normalized spacial score (nSPS) is 11.4. The van der Waals surface area contributed by atoms with Gasteiger partial charge in [-0.3, -0.25) is 9.78 Å². The Labute approximate surface area is 166 Å². The van der Waals surface area contributed by atoms with E-state index in [-0.39, 0.29) is 11.3 Å². The molecular weight excluding hydrogens is 374 g/mol. The van der Waals surface area contributed by atoms with Gasteiger partial charge < -0.3 is 14.6 Å². The van der Waals surface area contributed by atoms with Crippen molar-refractivity contribution in [3.05, 3.63) is 74.4 Å². The summed E-state index contributed by atoms with van der Waals surface area (Å²) in [6, 6.07) is 12.1. The zero-order chi connectivity index (χ0) is 21.1. The zero-order valence-corrected chi connectivity index (χ0v) is 16.5. The van der Waals surface area contributed by atoms with E-state index in [0.717, 1.165) is 10.1 Å². The van der Waals surface area contributed by atoms with Gasteiger partial charge in [0.25, 0.3) is 5.56 Å². The van der Waals surface area contributed by atoms with Gasteiger partial charge in [0.15, 0.2) is 0 Å². The van der Waals surface area contributed by atoms with E-state index < -0.39 is 17.1 Å². The third kappa shape index (κ3) is 3.77. The predicted molar refractivity (Wildman–Crippen MR) is 110 cm³/mol. The molecule has 0 spiro atoms. The van der Waals surface area contributed by atoms with Crippen molar-refractivity contribution in [1.82, 2.24) is 9.55 Å². The van der Waals surface area contributed by atoms with E-state index in [9.17, 15) is 14.7 Å². The molecule has 2 N–H and O–H groups in total. The number of para-hydroxylation sites is 1. The molecule has 3 aromatic rings. The molecule has 0 aliphatic rings. The molecule has 3 rings (SSSR count). The smallest absolute Gasteiger partial charge is 0.335 e. The lowest BCUT2D eigenvalue weighted by Crippen LogP contribution is -2.33. The van der Waals surface area contributed by atoms with Crippen molar-refractivity contribution in [2.75, 3.05) is 14.2 Å². The minimum atomic E-state index is -0.739. The summed E-state index contributed by atoms with van der Waals surface area (Å²) in [6.45, 7) is 3.37. The number of nitrogens with zero attached hydrogens (tertiary/aromatic N) is 2. The molecule has 0 unspecified atom stereocenters. The first-order valence-corrected chi connectivity index (χ1v) is 8.79. The maximum Gasteiger partial charge on any atom is 0.335 e. The summed E-state index contributed by atoms with van der Waals surface area (Å²) in [5.74, 6) is 0.532. The second-order valence-electron chi connectivity index (χ2n) is 6.31. The monoisotopic (exact) mass is 395 g/mol. The number of rotatable bonds is 5. The SMILES string of the molecule is COc1ccc(OC)c(N=C(C)c2c(O)n(-c3ccccc3C)c(=O)[nH]c2=O)c1. The minimum absolute atomic E-state index is 0.113. The molecule has 8 heteroatoms. The average molecular weight is 395 g/mol. The lowest BCUT2D eigenvalue weighted by atomic mass is 10.1. The first kappa shape index (κ1) is 19.9. The third-order valence-corrected chi connectivity index (χ3v) is 4.48. The largest absolute Gasteiger partial charge is 0.497 e. The second kappa shape index (κ2) is 8.05. The number of ether oxygens (including phenoxy) is 2. The number of aromatic amines is 1. The van der Waals surface area contributed by atoms with Crippen LogP contribution in [0.5, 0.6) is 17.4 Å². The molecule has 0 fully saturated rings. The van der Waals surface area contributed by atoms with E-state index in [4.69, 9.17) is 9.47 Å². The lowest BCUT2D eigenvalue weighted by Gasteiger charge is -2.13. The van der Waals surface area contributed by atoms with E-state index >= 15 is 0 Å². The summed E-state index contributed by atoms with van der Waals surface area (Å²) in [7, 11) is 3.02. The Hall–Kier alpha value is -3.81. The molecule has 0 saturated carbocycles. The van der Waals surface area contributed by atoms with Crippen molar-refractivity contribution in [3.8, 4) is 23.1 Å². The van der Waals surface area contributed by atoms with Crippen LogP contribution in [-0.2, 0) is 0 Å². The number of aryl methyl sites for hydroxylation is 1. The van der Waals surface area contributed by atoms with Gasteiger partial charge in [0.1, 0.15) is 22.7 Å². The topological polar surface area (TPSA) is 106 Å². The molecule has 1 heterocycles. The van der Waals surface area contributed by atoms with Crippen molar-refractivity contribution in [2.24, 2.45) is 4.99 Å². The molecular formula is C21H21N3O5. The van der Waals surface area contributed by atoms with Gasteiger partial charge in [-0.1, -0.05) is 18.2 Å². The Morgan fingerprint density at radius 3 is 2.48 bits per heavy atom. The molecule has 0 amide bonds. The van der Waals surface area contributed by atoms with Crippen LogP contribution in [0.1, 0.15) is 18.1 Å². The fraction of sp³-hybridized carbons (Fsp3) is 0.190. The summed E-state index contributed by atoms with van der Waals surface area (Å²) in [4.78, 5) is 31.6. The maximum absolute atomic E-state index is 12.5. The minimum Gasteiger partial charge on any atom is -0.497 e. The summed E-state index contributed by atoms with van der Waals surface area (Å²) in [6.07, 6.45) is 0. The van der Waals surface area contributed by atoms with Gasteiger partial charge in [-0.15, -0.1) is 0 Å². The van der Waals surface area contributed by atoms with E-state index in [1.54, 1.807) is 50.2 Å². The molecule has 2 aromatic carbocycles. The third-order valence-electron chi connectivity index (χ3n) is 4.48. The van der Waals surface area contributed by atoms with Gasteiger partial charge in [-0.25, -0.2) is 14.4 Å². The number of hydrogen-bond donors (Lipinski definition) is 2. The lowest BCUT2D eigenvalue weighted by molar-refractivity contribution is 0.404. The molecule has 0 aliphatic heterocycles. The Morgan fingerprint density at radius 2 is 1.83 bits per heavy atom. The Balaban J connectivity index is 2.24. The Kier molecular flexibility index (Phi) is 5.54. The van der Waals surface area contributed by atoms with Crippen LogP contribution >= 0.6 is 0 Å². The highest BCUT2D eigenvalue weighted by Crippen LogP contribution is 2.32. The van der Waals surface area contributed by atoms with Gasteiger partial charge in [0, 0.05) is 6.07 Å². The van der Waals surface area contributed by atoms with Gasteiger partial charge in [-0.05, 0) is 37.6 Å². The predicted octanol–water partition coefficient (Wildman–Crippen LogP) is 2.70. The van der Waals surface area contributed by atoms with Crippen LogP contribution in [0, 0.1) is 6.92 Å². The number of aromatic nitrogens is 2. The summed E-state index contributed by atoms with van der Waals surface area (Å²) in [5, 5.41) is 10.8. The molecule has 8 nitrogen and oxygen atoms in total.